The van der Waals surface area contributed by atoms with E-state index >= 15 is 0 Å². The maximum atomic E-state index is 5.78. The number of hydrogen-bond acceptors (Lipinski definition) is 2. The minimum absolute atomic E-state index is 0.784. The van der Waals surface area contributed by atoms with Crippen molar-refractivity contribution in [1.29, 1.82) is 0 Å². The zero-order chi connectivity index (χ0) is 9.42. The first-order chi connectivity index (χ1) is 6.20. The minimum Gasteiger partial charge on any atom is -0.398 e. The maximum absolute atomic E-state index is 5.78. The molecule has 66 valence electrons. The van der Waals surface area contributed by atoms with Gasteiger partial charge in [0.2, 0.25) is 5.52 Å². The van der Waals surface area contributed by atoms with E-state index in [-0.39, 0.29) is 0 Å². The Hall–Kier alpha value is -0.910. The van der Waals surface area contributed by atoms with E-state index in [0.29, 0.717) is 0 Å². The van der Waals surface area contributed by atoms with Crippen molar-refractivity contribution >= 4 is 39.3 Å². The topological polar surface area (TPSA) is 42.8 Å². The third-order valence-corrected chi connectivity index (χ3v) is 3.13. The third-order valence-electron chi connectivity index (χ3n) is 2.00. The van der Waals surface area contributed by atoms with Crippen molar-refractivity contribution in [3.63, 3.8) is 0 Å². The number of benzene rings is 1. The smallest absolute Gasteiger partial charge is 0.232 e. The van der Waals surface area contributed by atoms with Gasteiger partial charge >= 0.3 is 0 Å². The predicted octanol–water partition coefficient (Wildman–Crippen LogP) is 1.25. The summed E-state index contributed by atoms with van der Waals surface area (Å²) in [6, 6.07) is 3.89. The first kappa shape index (κ1) is 8.68. The van der Waals surface area contributed by atoms with Gasteiger partial charge in [0.15, 0.2) is 6.20 Å². The number of aryl methyl sites for hydroxylation is 1. The zero-order valence-electron chi connectivity index (χ0n) is 7.16. The first-order valence-corrected chi connectivity index (χ1v) is 4.96. The summed E-state index contributed by atoms with van der Waals surface area (Å²) < 4.78 is 3.05. The molecule has 0 aliphatic rings. The fourth-order valence-corrected chi connectivity index (χ4v) is 1.86. The summed E-state index contributed by atoms with van der Waals surface area (Å²) in [5, 5.41) is 0. The normalized spacial score (nSPS) is 10.6. The minimum atomic E-state index is 0.784. The Bertz CT molecular complexity index is 468. The van der Waals surface area contributed by atoms with Crippen molar-refractivity contribution in [3.05, 3.63) is 28.1 Å². The molecule has 0 saturated carbocycles. The number of nitrogen functional groups attached to an aromatic ring is 1. The molecule has 0 aliphatic carbocycles. The Morgan fingerprint density at radius 1 is 1.46 bits per heavy atom. The maximum Gasteiger partial charge on any atom is 0.232 e. The average Bonchev–Trinajstić information content (AvgIpc) is 2.12. The number of nitrogens with two attached hydrogens (primary N) is 1. The van der Waals surface area contributed by atoms with Gasteiger partial charge in [0.25, 0.3) is 0 Å². The van der Waals surface area contributed by atoms with Crippen LogP contribution in [0.4, 0.5) is 5.69 Å². The highest BCUT2D eigenvalue weighted by Gasteiger charge is 2.09. The van der Waals surface area contributed by atoms with Crippen LogP contribution in [0.3, 0.4) is 0 Å². The van der Waals surface area contributed by atoms with E-state index in [1.165, 1.54) is 0 Å². The van der Waals surface area contributed by atoms with Gasteiger partial charge < -0.3 is 5.73 Å². The molecule has 0 amide bonds. The quantitative estimate of drug-likeness (QED) is 0.450. The molecule has 0 radical (unpaired) electrons. The lowest BCUT2D eigenvalue weighted by atomic mass is 10.2. The number of rotatable bonds is 0. The van der Waals surface area contributed by atoms with Crippen LogP contribution in [-0.4, -0.2) is 4.98 Å². The van der Waals surface area contributed by atoms with Gasteiger partial charge in [-0.05, 0) is 28.7 Å². The second kappa shape index (κ2) is 3.10. The van der Waals surface area contributed by atoms with Gasteiger partial charge in [-0.1, -0.05) is 0 Å². The fraction of sp³-hybridized carbons (Fsp3) is 0.111. The summed E-state index contributed by atoms with van der Waals surface area (Å²) in [5.41, 5.74) is 8.63. The van der Waals surface area contributed by atoms with Gasteiger partial charge in [-0.15, -0.1) is 0 Å². The van der Waals surface area contributed by atoms with E-state index in [1.807, 2.05) is 29.9 Å². The summed E-state index contributed by atoms with van der Waals surface area (Å²) in [4.78, 5) is 4.29. The zero-order valence-corrected chi connectivity index (χ0v) is 9.32. The van der Waals surface area contributed by atoms with E-state index in [1.54, 1.807) is 6.20 Å². The van der Waals surface area contributed by atoms with Gasteiger partial charge in [0.1, 0.15) is 12.6 Å². The second-order valence-corrected chi connectivity index (χ2v) is 3.95. The number of nitrogens with zero attached hydrogens (tertiary/aromatic N) is 2. The number of fused-ring (bicyclic) bond motifs is 1. The molecule has 0 aliphatic heterocycles. The molecule has 0 bridgehead atoms. The van der Waals surface area contributed by atoms with Crippen LogP contribution in [0.1, 0.15) is 0 Å². The lowest BCUT2D eigenvalue weighted by Gasteiger charge is -2.00. The lowest BCUT2D eigenvalue weighted by molar-refractivity contribution is -0.645. The standard InChI is InChI=1S/C9H9IN3/c1-13-5-4-12-9-7(13)3-2-6(11)8(9)10/h2-5H,11H2,1H3/q+1. The van der Waals surface area contributed by atoms with E-state index in [9.17, 15) is 0 Å². The van der Waals surface area contributed by atoms with Gasteiger partial charge in [0, 0.05) is 11.8 Å². The summed E-state index contributed by atoms with van der Waals surface area (Å²) in [7, 11) is 2.00. The molecule has 13 heavy (non-hydrogen) atoms. The summed E-state index contributed by atoms with van der Waals surface area (Å²) in [5.74, 6) is 0. The Kier molecular flexibility index (Phi) is 2.07. The Morgan fingerprint density at radius 2 is 2.23 bits per heavy atom. The highest BCUT2D eigenvalue weighted by Crippen LogP contribution is 2.21. The molecule has 0 saturated heterocycles. The molecule has 0 spiro atoms. The van der Waals surface area contributed by atoms with E-state index < -0.39 is 0 Å². The molecular weight excluding hydrogens is 277 g/mol. The average molecular weight is 286 g/mol. The van der Waals surface area contributed by atoms with Crippen molar-refractivity contribution in [2.45, 2.75) is 0 Å². The number of aromatic nitrogens is 2. The van der Waals surface area contributed by atoms with Crippen LogP contribution in [0.15, 0.2) is 24.5 Å². The summed E-state index contributed by atoms with van der Waals surface area (Å²) in [6.07, 6.45) is 3.71. The largest absolute Gasteiger partial charge is 0.398 e. The van der Waals surface area contributed by atoms with Gasteiger partial charge in [0.05, 0.1) is 9.77 Å². The molecule has 0 unspecified atom stereocenters. The predicted molar refractivity (Wildman–Crippen MR) is 60.0 cm³/mol. The second-order valence-electron chi connectivity index (χ2n) is 2.87. The monoisotopic (exact) mass is 286 g/mol. The van der Waals surface area contributed by atoms with Crippen molar-refractivity contribution in [2.75, 3.05) is 5.73 Å². The SMILES string of the molecule is C[n+]1ccnc2c(I)c(N)ccc21. The highest BCUT2D eigenvalue weighted by atomic mass is 127. The molecule has 0 fully saturated rings. The molecule has 2 N–H and O–H groups in total. The molecule has 1 heterocycles. The highest BCUT2D eigenvalue weighted by molar-refractivity contribution is 14.1. The van der Waals surface area contributed by atoms with E-state index in [2.05, 4.69) is 27.6 Å². The molecule has 2 rings (SSSR count). The number of halogens is 1. The number of hydrogen-bond donors (Lipinski definition) is 1. The molecule has 1 aromatic carbocycles. The summed E-state index contributed by atoms with van der Waals surface area (Å²) >= 11 is 2.22. The molecule has 4 heteroatoms. The molecular formula is C9H9IN3+. The van der Waals surface area contributed by atoms with E-state index in [0.717, 1.165) is 20.3 Å². The van der Waals surface area contributed by atoms with Crippen LogP contribution >= 0.6 is 22.6 Å². The Balaban J connectivity index is 2.94. The van der Waals surface area contributed by atoms with Crippen LogP contribution in [-0.2, 0) is 7.05 Å². The summed E-state index contributed by atoms with van der Waals surface area (Å²) in [6.45, 7) is 0. The van der Waals surface area contributed by atoms with E-state index in [4.69, 9.17) is 5.73 Å². The molecule has 0 atom stereocenters. The van der Waals surface area contributed by atoms with Crippen LogP contribution in [0.5, 0.6) is 0 Å². The number of anilines is 1. The Morgan fingerprint density at radius 3 is 3.00 bits per heavy atom. The first-order valence-electron chi connectivity index (χ1n) is 3.88. The molecule has 1 aromatic heterocycles. The van der Waals surface area contributed by atoms with Gasteiger partial charge in [-0.2, -0.15) is 4.57 Å². The van der Waals surface area contributed by atoms with Gasteiger partial charge in [-0.25, -0.2) is 4.98 Å². The molecule has 3 nitrogen and oxygen atoms in total. The van der Waals surface area contributed by atoms with Crippen molar-refractivity contribution < 1.29 is 4.57 Å². The van der Waals surface area contributed by atoms with Crippen molar-refractivity contribution in [3.8, 4) is 0 Å². The molecule has 2 aromatic rings. The van der Waals surface area contributed by atoms with Crippen LogP contribution in [0.2, 0.25) is 0 Å². The van der Waals surface area contributed by atoms with Gasteiger partial charge in [-0.3, -0.25) is 0 Å². The van der Waals surface area contributed by atoms with Crippen molar-refractivity contribution in [1.82, 2.24) is 4.98 Å². The van der Waals surface area contributed by atoms with Crippen molar-refractivity contribution in [2.24, 2.45) is 7.05 Å². The van der Waals surface area contributed by atoms with Crippen LogP contribution in [0, 0.1) is 3.57 Å². The lowest BCUT2D eigenvalue weighted by Crippen LogP contribution is -2.28. The fourth-order valence-electron chi connectivity index (χ4n) is 1.27. The van der Waals surface area contributed by atoms with Crippen LogP contribution in [0.25, 0.3) is 11.0 Å². The Labute approximate surface area is 89.7 Å². The third kappa shape index (κ3) is 1.35. The van der Waals surface area contributed by atoms with Crippen LogP contribution < -0.4 is 10.3 Å².